The Labute approximate surface area is 249 Å². The number of methoxy groups -OCH3 is 1. The second-order valence-electron chi connectivity index (χ2n) is 10.7. The minimum Gasteiger partial charge on any atom is -0.497 e. The van der Waals surface area contributed by atoms with E-state index < -0.39 is 28.7 Å². The predicted octanol–water partition coefficient (Wildman–Crippen LogP) is 3.87. The van der Waals surface area contributed by atoms with E-state index in [9.17, 15) is 19.5 Å². The number of fused-ring (bicyclic) bond motifs is 1. The van der Waals surface area contributed by atoms with Gasteiger partial charge in [0.15, 0.2) is 0 Å². The number of likely N-dealkylation sites (tertiary alicyclic amines) is 1. The molecule has 0 aliphatic carbocycles. The number of thioether (sulfide) groups is 1. The number of anilines is 1. The number of aliphatic hydroxyl groups is 1. The van der Waals surface area contributed by atoms with Crippen LogP contribution in [0.1, 0.15) is 33.1 Å². The molecule has 0 aromatic heterocycles. The molecule has 4 rings (SSSR count). The van der Waals surface area contributed by atoms with E-state index in [1.165, 1.54) is 0 Å². The Bertz CT molecular complexity index is 1130. The molecule has 3 fully saturated rings. The lowest BCUT2D eigenvalue weighted by Gasteiger charge is -2.40. The molecule has 2 bridgehead atoms. The van der Waals surface area contributed by atoms with Crippen molar-refractivity contribution in [1.29, 1.82) is 0 Å². The van der Waals surface area contributed by atoms with Crippen molar-refractivity contribution in [3.63, 3.8) is 0 Å². The van der Waals surface area contributed by atoms with Gasteiger partial charge in [0.05, 0.1) is 36.3 Å². The van der Waals surface area contributed by atoms with Crippen LogP contribution in [0.4, 0.5) is 5.69 Å². The summed E-state index contributed by atoms with van der Waals surface area (Å²) in [4.78, 5) is 48.1. The van der Waals surface area contributed by atoms with Gasteiger partial charge in [0.1, 0.15) is 11.8 Å². The molecule has 1 aromatic carbocycles. The van der Waals surface area contributed by atoms with Gasteiger partial charge < -0.3 is 24.5 Å². The van der Waals surface area contributed by atoms with Crippen molar-refractivity contribution in [2.45, 2.75) is 60.0 Å². The Balaban J connectivity index is 1.82. The highest BCUT2D eigenvalue weighted by Gasteiger charge is 2.76. The second-order valence-corrected chi connectivity index (χ2v) is 13.4. The summed E-state index contributed by atoms with van der Waals surface area (Å²) < 4.78 is 4.50. The van der Waals surface area contributed by atoms with Crippen LogP contribution in [0.25, 0.3) is 0 Å². The molecule has 3 saturated heterocycles. The average molecular weight is 635 g/mol. The molecule has 0 radical (unpaired) electrons. The highest BCUT2D eigenvalue weighted by Crippen LogP contribution is 2.68. The Morgan fingerprint density at radius 1 is 1.23 bits per heavy atom. The largest absolute Gasteiger partial charge is 0.497 e. The van der Waals surface area contributed by atoms with Crippen LogP contribution >= 0.6 is 27.7 Å². The zero-order chi connectivity index (χ0) is 29.2. The molecule has 7 atom stereocenters. The van der Waals surface area contributed by atoms with E-state index in [4.69, 9.17) is 4.74 Å². The lowest BCUT2D eigenvalue weighted by molar-refractivity contribution is -0.145. The third-order valence-corrected chi connectivity index (χ3v) is 11.7. The first kappa shape index (κ1) is 30.7. The monoisotopic (exact) mass is 633 g/mol. The molecule has 1 spiro atoms. The maximum absolute atomic E-state index is 14.7. The summed E-state index contributed by atoms with van der Waals surface area (Å²) in [5.41, 5.74) is 0.663. The highest BCUT2D eigenvalue weighted by atomic mass is 79.9. The van der Waals surface area contributed by atoms with E-state index >= 15 is 0 Å². The first-order chi connectivity index (χ1) is 19.2. The third kappa shape index (κ3) is 5.00. The van der Waals surface area contributed by atoms with Gasteiger partial charge in [-0.3, -0.25) is 14.4 Å². The van der Waals surface area contributed by atoms with Crippen molar-refractivity contribution in [3.05, 3.63) is 49.6 Å². The zero-order valence-electron chi connectivity index (χ0n) is 23.5. The van der Waals surface area contributed by atoms with Crippen molar-refractivity contribution >= 4 is 51.1 Å². The number of hydrogen-bond acceptors (Lipinski definition) is 6. The third-order valence-electron chi connectivity index (χ3n) is 8.44. The van der Waals surface area contributed by atoms with E-state index in [2.05, 4.69) is 29.1 Å². The van der Waals surface area contributed by atoms with Crippen LogP contribution in [0.2, 0.25) is 0 Å². The van der Waals surface area contributed by atoms with Crippen molar-refractivity contribution in [2.24, 2.45) is 11.8 Å². The van der Waals surface area contributed by atoms with Gasteiger partial charge in [-0.25, -0.2) is 0 Å². The first-order valence-electron chi connectivity index (χ1n) is 13.9. The van der Waals surface area contributed by atoms with Crippen LogP contribution in [0.15, 0.2) is 49.6 Å². The molecule has 8 nitrogen and oxygen atoms in total. The molecule has 1 aromatic rings. The smallest absolute Gasteiger partial charge is 0.251 e. The van der Waals surface area contributed by atoms with Crippen LogP contribution in [-0.4, -0.2) is 92.9 Å². The van der Waals surface area contributed by atoms with Crippen LogP contribution in [0, 0.1) is 11.8 Å². The van der Waals surface area contributed by atoms with Crippen molar-refractivity contribution in [1.82, 2.24) is 9.80 Å². The Morgan fingerprint density at radius 3 is 2.45 bits per heavy atom. The van der Waals surface area contributed by atoms with E-state index in [1.54, 1.807) is 57.9 Å². The minimum absolute atomic E-state index is 0.0269. The SMILES string of the molecule is C=CCN(CCC)C(=O)[C@H]1[C@H]2C(=O)N([C@@H](CC)CO)C(C(=O)N(CC=C)c3ccc(OC)cc3)C23CC(Br)[C@@H]1S3. The number of nitrogens with zero attached hydrogens (tertiary/aromatic N) is 3. The standard InChI is InChI=1S/C30H40BrN3O5S/c1-6-14-32(15-7-2)27(36)23-24-28(37)34(19(9-4)18-35)26(30(24)17-22(31)25(23)40-30)29(38)33(16-8-3)20-10-12-21(39-5)13-11-20/h6,8,10-13,19,22-26,35H,1,3,7,9,14-18H2,2,4-5H3/t19-,22?,23-,24-,25-,26?,30?/m0/s1. The van der Waals surface area contributed by atoms with Crippen molar-refractivity contribution in [2.75, 3.05) is 38.3 Å². The maximum Gasteiger partial charge on any atom is 0.251 e. The molecule has 1 N–H and O–H groups in total. The average Bonchev–Trinajstić information content (AvgIpc) is 3.55. The first-order valence-corrected chi connectivity index (χ1v) is 15.7. The number of hydrogen-bond donors (Lipinski definition) is 1. The molecule has 218 valence electrons. The molecular formula is C30H40BrN3O5S. The predicted molar refractivity (Wildman–Crippen MR) is 163 cm³/mol. The molecule has 3 aliphatic rings. The fourth-order valence-electron chi connectivity index (χ4n) is 6.73. The number of ether oxygens (including phenoxy) is 1. The number of alkyl halides is 1. The number of halogens is 1. The molecule has 3 aliphatic heterocycles. The van der Waals surface area contributed by atoms with Gasteiger partial charge in [0.2, 0.25) is 11.8 Å². The van der Waals surface area contributed by atoms with Gasteiger partial charge in [-0.2, -0.15) is 0 Å². The van der Waals surface area contributed by atoms with E-state index in [0.717, 1.165) is 6.42 Å². The van der Waals surface area contributed by atoms with Crippen molar-refractivity contribution < 1.29 is 24.2 Å². The van der Waals surface area contributed by atoms with E-state index in [-0.39, 0.29) is 41.0 Å². The molecule has 3 unspecified atom stereocenters. The van der Waals surface area contributed by atoms with Crippen LogP contribution in [0.3, 0.4) is 0 Å². The second kappa shape index (κ2) is 12.7. The van der Waals surface area contributed by atoms with Crippen molar-refractivity contribution in [3.8, 4) is 5.75 Å². The van der Waals surface area contributed by atoms with E-state index in [0.29, 0.717) is 37.4 Å². The highest BCUT2D eigenvalue weighted by molar-refractivity contribution is 9.09. The summed E-state index contributed by atoms with van der Waals surface area (Å²) in [6, 6.07) is 5.85. The van der Waals surface area contributed by atoms with Gasteiger partial charge in [0.25, 0.3) is 5.91 Å². The summed E-state index contributed by atoms with van der Waals surface area (Å²) in [5.74, 6) is -1.05. The summed E-state index contributed by atoms with van der Waals surface area (Å²) in [5, 5.41) is 10.2. The number of rotatable bonds is 13. The summed E-state index contributed by atoms with van der Waals surface area (Å²) in [6.45, 7) is 12.6. The zero-order valence-corrected chi connectivity index (χ0v) is 25.9. The Morgan fingerprint density at radius 2 is 1.90 bits per heavy atom. The lowest BCUT2D eigenvalue weighted by Crippen LogP contribution is -2.58. The van der Waals surface area contributed by atoms with Crippen LogP contribution in [-0.2, 0) is 14.4 Å². The quantitative estimate of drug-likeness (QED) is 0.262. The molecule has 3 heterocycles. The summed E-state index contributed by atoms with van der Waals surface area (Å²) in [6.07, 6.45) is 5.24. The minimum atomic E-state index is -0.837. The fraction of sp³-hybridized carbons (Fsp3) is 0.567. The van der Waals surface area contributed by atoms with Gasteiger partial charge in [-0.05, 0) is 43.5 Å². The number of amides is 3. The topological polar surface area (TPSA) is 90.4 Å². The molecule has 3 amide bonds. The number of benzene rings is 1. The van der Waals surface area contributed by atoms with E-state index in [1.807, 2.05) is 26.0 Å². The molecular weight excluding hydrogens is 594 g/mol. The summed E-state index contributed by atoms with van der Waals surface area (Å²) >= 11 is 5.44. The van der Waals surface area contributed by atoms with Gasteiger partial charge in [-0.15, -0.1) is 24.9 Å². The Hall–Kier alpha value is -2.30. The van der Waals surface area contributed by atoms with Gasteiger partial charge >= 0.3 is 0 Å². The maximum atomic E-state index is 14.7. The Kier molecular flexibility index (Phi) is 9.73. The van der Waals surface area contributed by atoms with Gasteiger partial charge in [0, 0.05) is 35.4 Å². The molecule has 40 heavy (non-hydrogen) atoms. The lowest BCUT2D eigenvalue weighted by atomic mass is 9.70. The number of aliphatic hydroxyl groups excluding tert-OH is 1. The molecule has 10 heteroatoms. The number of carbonyl (C=O) groups excluding carboxylic acids is 3. The number of carbonyl (C=O) groups is 3. The van der Waals surface area contributed by atoms with Gasteiger partial charge in [-0.1, -0.05) is 41.9 Å². The fourth-order valence-corrected chi connectivity index (χ4v) is 10.3. The summed E-state index contributed by atoms with van der Waals surface area (Å²) in [7, 11) is 1.59. The van der Waals surface area contributed by atoms with Crippen LogP contribution in [0.5, 0.6) is 5.75 Å². The normalized spacial score (nSPS) is 29.2. The molecule has 0 saturated carbocycles. The van der Waals surface area contributed by atoms with Crippen LogP contribution < -0.4 is 9.64 Å².